The van der Waals surface area contributed by atoms with E-state index in [1.54, 1.807) is 32.4 Å². The van der Waals surface area contributed by atoms with Gasteiger partial charge in [-0.15, -0.1) is 0 Å². The lowest BCUT2D eigenvalue weighted by Gasteiger charge is -2.01. The van der Waals surface area contributed by atoms with Crippen LogP contribution in [-0.2, 0) is 16.9 Å². The molecule has 2 aromatic heterocycles. The maximum atomic E-state index is 12.8. The molecule has 0 atom stereocenters. The lowest BCUT2D eigenvalue weighted by Crippen LogP contribution is -2.15. The van der Waals surface area contributed by atoms with Crippen molar-refractivity contribution in [3.8, 4) is 17.0 Å². The number of hydrogen-bond acceptors (Lipinski definition) is 7. The number of carbonyl (C=O) groups excluding carboxylic acids is 1. The van der Waals surface area contributed by atoms with Crippen molar-refractivity contribution in [2.24, 2.45) is 7.05 Å². The summed E-state index contributed by atoms with van der Waals surface area (Å²) in [6.07, 6.45) is 1.15. The number of aromatic nitrogens is 3. The SMILES string of the molecule is COc1cccc(-c2cc(C(=O)Nc3nc4ccc(S(C)(=O)=O)cc4s3)n(C)n2)c1. The van der Waals surface area contributed by atoms with Crippen LogP contribution in [0.3, 0.4) is 0 Å². The van der Waals surface area contributed by atoms with E-state index in [2.05, 4.69) is 15.4 Å². The second kappa shape index (κ2) is 7.54. The smallest absolute Gasteiger partial charge is 0.275 e. The van der Waals surface area contributed by atoms with Crippen molar-refractivity contribution >= 4 is 42.4 Å². The number of benzene rings is 2. The van der Waals surface area contributed by atoms with Gasteiger partial charge in [-0.1, -0.05) is 23.5 Å². The number of fused-ring (bicyclic) bond motifs is 1. The first-order valence-corrected chi connectivity index (χ1v) is 11.6. The van der Waals surface area contributed by atoms with E-state index in [0.29, 0.717) is 32.5 Å². The fraction of sp³-hybridized carbons (Fsp3) is 0.150. The molecule has 4 aromatic rings. The van der Waals surface area contributed by atoms with Gasteiger partial charge in [0.05, 0.1) is 27.9 Å². The third-order valence-electron chi connectivity index (χ3n) is 4.49. The molecule has 10 heteroatoms. The highest BCUT2D eigenvalue weighted by Crippen LogP contribution is 2.29. The van der Waals surface area contributed by atoms with E-state index in [9.17, 15) is 13.2 Å². The summed E-state index contributed by atoms with van der Waals surface area (Å²) in [7, 11) is -0.0340. The largest absolute Gasteiger partial charge is 0.497 e. The van der Waals surface area contributed by atoms with Crippen molar-refractivity contribution in [3.05, 3.63) is 54.2 Å². The van der Waals surface area contributed by atoms with Gasteiger partial charge in [-0.05, 0) is 36.4 Å². The highest BCUT2D eigenvalue weighted by atomic mass is 32.2. The molecule has 2 heterocycles. The van der Waals surface area contributed by atoms with Crippen LogP contribution in [0.1, 0.15) is 10.5 Å². The second-order valence-electron chi connectivity index (χ2n) is 6.65. The molecule has 0 fully saturated rings. The van der Waals surface area contributed by atoms with Crippen molar-refractivity contribution in [2.45, 2.75) is 4.90 Å². The predicted molar refractivity (Wildman–Crippen MR) is 116 cm³/mol. The predicted octanol–water partition coefficient (Wildman–Crippen LogP) is 3.36. The number of rotatable bonds is 5. The van der Waals surface area contributed by atoms with Crippen LogP contribution in [0, 0.1) is 0 Å². The van der Waals surface area contributed by atoms with E-state index in [0.717, 1.165) is 11.8 Å². The number of nitrogens with one attached hydrogen (secondary N) is 1. The van der Waals surface area contributed by atoms with E-state index in [1.807, 2.05) is 24.3 Å². The Morgan fingerprint density at radius 2 is 1.97 bits per heavy atom. The van der Waals surface area contributed by atoms with Crippen molar-refractivity contribution < 1.29 is 17.9 Å². The fourth-order valence-corrected chi connectivity index (χ4v) is 4.58. The molecule has 0 radical (unpaired) electrons. The number of nitrogens with zero attached hydrogens (tertiary/aromatic N) is 3. The van der Waals surface area contributed by atoms with Gasteiger partial charge in [-0.2, -0.15) is 5.10 Å². The molecular weight excluding hydrogens is 424 g/mol. The van der Waals surface area contributed by atoms with Gasteiger partial charge in [0.1, 0.15) is 11.4 Å². The highest BCUT2D eigenvalue weighted by molar-refractivity contribution is 7.90. The number of aryl methyl sites for hydroxylation is 1. The second-order valence-corrected chi connectivity index (χ2v) is 9.69. The third-order valence-corrected chi connectivity index (χ3v) is 6.53. The number of amides is 1. The minimum absolute atomic E-state index is 0.214. The van der Waals surface area contributed by atoms with Crippen molar-refractivity contribution in [3.63, 3.8) is 0 Å². The summed E-state index contributed by atoms with van der Waals surface area (Å²) in [5.41, 5.74) is 2.45. The molecule has 0 bridgehead atoms. The standard InChI is InChI=1S/C20H18N4O4S2/c1-24-17(11-16(23-24)12-5-4-6-13(9-12)28-2)19(25)22-20-21-15-8-7-14(30(3,26)27)10-18(15)29-20/h4-11H,1-3H3,(H,21,22,25). The molecule has 0 saturated carbocycles. The molecule has 0 aliphatic rings. The Bertz CT molecular complexity index is 1370. The maximum absolute atomic E-state index is 12.8. The van der Waals surface area contributed by atoms with E-state index in [1.165, 1.54) is 22.1 Å². The Balaban J connectivity index is 1.60. The zero-order valence-corrected chi connectivity index (χ0v) is 18.0. The van der Waals surface area contributed by atoms with Gasteiger partial charge in [0.15, 0.2) is 15.0 Å². The number of hydrogen-bond donors (Lipinski definition) is 1. The van der Waals surface area contributed by atoms with Crippen LogP contribution < -0.4 is 10.1 Å². The fourth-order valence-electron chi connectivity index (χ4n) is 2.95. The summed E-state index contributed by atoms with van der Waals surface area (Å²) in [5.74, 6) is 0.341. The first kappa shape index (κ1) is 20.0. The Hall–Kier alpha value is -3.24. The summed E-state index contributed by atoms with van der Waals surface area (Å²) in [6, 6.07) is 13.8. The van der Waals surface area contributed by atoms with E-state index < -0.39 is 9.84 Å². The van der Waals surface area contributed by atoms with Gasteiger partial charge in [0, 0.05) is 18.9 Å². The van der Waals surface area contributed by atoms with Crippen LogP contribution in [0.5, 0.6) is 5.75 Å². The number of anilines is 1. The molecule has 1 N–H and O–H groups in total. The Kier molecular flexibility index (Phi) is 5.04. The number of carbonyl (C=O) groups is 1. The maximum Gasteiger partial charge on any atom is 0.275 e. The third kappa shape index (κ3) is 3.91. The van der Waals surface area contributed by atoms with E-state index >= 15 is 0 Å². The van der Waals surface area contributed by atoms with Crippen molar-refractivity contribution in [1.82, 2.24) is 14.8 Å². The molecular formula is C20H18N4O4S2. The number of sulfone groups is 1. The van der Waals surface area contributed by atoms with Crippen LogP contribution in [0.2, 0.25) is 0 Å². The van der Waals surface area contributed by atoms with Gasteiger partial charge >= 0.3 is 0 Å². The molecule has 154 valence electrons. The Morgan fingerprint density at radius 3 is 2.70 bits per heavy atom. The van der Waals surface area contributed by atoms with Crippen LogP contribution in [-0.4, -0.2) is 42.5 Å². The zero-order valence-electron chi connectivity index (χ0n) is 16.4. The molecule has 2 aromatic carbocycles. The minimum atomic E-state index is -3.31. The molecule has 0 aliphatic heterocycles. The number of ether oxygens (including phenoxy) is 1. The highest BCUT2D eigenvalue weighted by Gasteiger charge is 2.17. The molecule has 0 unspecified atom stereocenters. The first-order chi connectivity index (χ1) is 14.2. The average Bonchev–Trinajstić information content (AvgIpc) is 3.29. The summed E-state index contributed by atoms with van der Waals surface area (Å²) in [4.78, 5) is 17.4. The first-order valence-electron chi connectivity index (χ1n) is 8.85. The van der Waals surface area contributed by atoms with Crippen LogP contribution in [0.4, 0.5) is 5.13 Å². The molecule has 0 saturated heterocycles. The van der Waals surface area contributed by atoms with Crippen LogP contribution in [0.15, 0.2) is 53.4 Å². The summed E-state index contributed by atoms with van der Waals surface area (Å²) in [6.45, 7) is 0. The lowest BCUT2D eigenvalue weighted by molar-refractivity contribution is 0.101. The van der Waals surface area contributed by atoms with Gasteiger partial charge in [-0.25, -0.2) is 13.4 Å². The number of thiazole rings is 1. The van der Waals surface area contributed by atoms with Crippen LogP contribution >= 0.6 is 11.3 Å². The molecule has 0 spiro atoms. The minimum Gasteiger partial charge on any atom is -0.497 e. The Labute approximate surface area is 177 Å². The van der Waals surface area contributed by atoms with Crippen LogP contribution in [0.25, 0.3) is 21.5 Å². The van der Waals surface area contributed by atoms with E-state index in [-0.39, 0.29) is 10.8 Å². The monoisotopic (exact) mass is 442 g/mol. The topological polar surface area (TPSA) is 103 Å². The summed E-state index contributed by atoms with van der Waals surface area (Å²) in [5, 5.41) is 7.56. The molecule has 8 nitrogen and oxygen atoms in total. The quantitative estimate of drug-likeness (QED) is 0.508. The van der Waals surface area contributed by atoms with E-state index in [4.69, 9.17) is 4.74 Å². The normalized spacial score (nSPS) is 11.6. The van der Waals surface area contributed by atoms with Gasteiger partial charge in [-0.3, -0.25) is 14.8 Å². The lowest BCUT2D eigenvalue weighted by atomic mass is 10.1. The Morgan fingerprint density at radius 1 is 1.17 bits per heavy atom. The molecule has 0 aliphatic carbocycles. The van der Waals surface area contributed by atoms with Crippen molar-refractivity contribution in [2.75, 3.05) is 18.7 Å². The molecule has 30 heavy (non-hydrogen) atoms. The van der Waals surface area contributed by atoms with Gasteiger partial charge < -0.3 is 4.74 Å². The van der Waals surface area contributed by atoms with Gasteiger partial charge in [0.2, 0.25) is 0 Å². The van der Waals surface area contributed by atoms with Gasteiger partial charge in [0.25, 0.3) is 5.91 Å². The average molecular weight is 443 g/mol. The number of methoxy groups -OCH3 is 1. The van der Waals surface area contributed by atoms with Crippen molar-refractivity contribution in [1.29, 1.82) is 0 Å². The molecule has 4 rings (SSSR count). The summed E-state index contributed by atoms with van der Waals surface area (Å²) >= 11 is 1.21. The zero-order chi connectivity index (χ0) is 21.5. The summed E-state index contributed by atoms with van der Waals surface area (Å²) < 4.78 is 30.9. The molecule has 1 amide bonds.